The van der Waals surface area contributed by atoms with E-state index in [1.807, 2.05) is 38.1 Å². The van der Waals surface area contributed by atoms with E-state index < -0.39 is 16.8 Å². The average molecular weight is 268 g/mol. The van der Waals surface area contributed by atoms with Crippen LogP contribution < -0.4 is 11.1 Å². The molecule has 1 amide bonds. The van der Waals surface area contributed by atoms with Gasteiger partial charge in [-0.1, -0.05) is 29.8 Å². The van der Waals surface area contributed by atoms with Gasteiger partial charge in [0.2, 0.25) is 5.91 Å². The highest BCUT2D eigenvalue weighted by Crippen LogP contribution is 2.11. The van der Waals surface area contributed by atoms with Crippen LogP contribution in [0, 0.1) is 6.92 Å². The maximum absolute atomic E-state index is 11.9. The second kappa shape index (κ2) is 6.66. The van der Waals surface area contributed by atoms with Gasteiger partial charge in [0.15, 0.2) is 0 Å². The molecule has 0 heterocycles. The van der Waals surface area contributed by atoms with Crippen molar-refractivity contribution in [3.05, 3.63) is 35.4 Å². The van der Waals surface area contributed by atoms with E-state index in [4.69, 9.17) is 5.73 Å². The Balaban J connectivity index is 2.61. The first kappa shape index (κ1) is 14.9. The van der Waals surface area contributed by atoms with Crippen molar-refractivity contribution in [3.8, 4) is 0 Å². The Hall–Kier alpha value is -1.20. The lowest BCUT2D eigenvalue weighted by atomic mass is 10.1. The standard InChI is InChI=1S/C13H20N2O2S/c1-9-4-6-11(7-5-9)12(14)13(16)15-10(2)8-18(3)17/h4-7,10,12H,8,14H2,1-3H3,(H,15,16). The summed E-state index contributed by atoms with van der Waals surface area (Å²) in [7, 11) is -0.928. The molecule has 0 aliphatic carbocycles. The van der Waals surface area contributed by atoms with Crippen LogP contribution in [0.25, 0.3) is 0 Å². The van der Waals surface area contributed by atoms with Crippen molar-refractivity contribution in [2.45, 2.75) is 25.9 Å². The van der Waals surface area contributed by atoms with Crippen LogP contribution in [0.15, 0.2) is 24.3 Å². The van der Waals surface area contributed by atoms with Gasteiger partial charge in [0.1, 0.15) is 6.04 Å². The van der Waals surface area contributed by atoms with E-state index in [2.05, 4.69) is 5.32 Å². The lowest BCUT2D eigenvalue weighted by molar-refractivity contribution is -0.122. The van der Waals surface area contributed by atoms with Crippen molar-refractivity contribution in [1.82, 2.24) is 5.32 Å². The Morgan fingerprint density at radius 1 is 1.39 bits per heavy atom. The first-order valence-corrected chi connectivity index (χ1v) is 7.55. The molecule has 0 aliphatic heterocycles. The van der Waals surface area contributed by atoms with Crippen LogP contribution in [0.5, 0.6) is 0 Å². The first-order chi connectivity index (χ1) is 8.40. The van der Waals surface area contributed by atoms with Crippen molar-refractivity contribution in [2.24, 2.45) is 5.73 Å². The van der Waals surface area contributed by atoms with Crippen molar-refractivity contribution in [1.29, 1.82) is 0 Å². The molecular formula is C13H20N2O2S. The summed E-state index contributed by atoms with van der Waals surface area (Å²) < 4.78 is 11.0. The van der Waals surface area contributed by atoms with Crippen LogP contribution in [0.3, 0.4) is 0 Å². The van der Waals surface area contributed by atoms with E-state index in [0.29, 0.717) is 5.75 Å². The van der Waals surface area contributed by atoms with Crippen LogP contribution in [0.4, 0.5) is 0 Å². The Morgan fingerprint density at radius 3 is 2.44 bits per heavy atom. The molecule has 1 rings (SSSR count). The quantitative estimate of drug-likeness (QED) is 0.832. The monoisotopic (exact) mass is 268 g/mol. The fourth-order valence-electron chi connectivity index (χ4n) is 1.65. The average Bonchev–Trinajstić information content (AvgIpc) is 2.27. The SMILES string of the molecule is Cc1ccc(C(N)C(=O)NC(C)CS(C)=O)cc1. The highest BCUT2D eigenvalue weighted by Gasteiger charge is 2.17. The normalized spacial score (nSPS) is 15.8. The van der Waals surface area contributed by atoms with Crippen molar-refractivity contribution in [3.63, 3.8) is 0 Å². The van der Waals surface area contributed by atoms with Gasteiger partial charge in [-0.25, -0.2) is 0 Å². The van der Waals surface area contributed by atoms with Gasteiger partial charge >= 0.3 is 0 Å². The number of benzene rings is 1. The molecule has 100 valence electrons. The summed E-state index contributed by atoms with van der Waals surface area (Å²) in [4.78, 5) is 11.9. The molecule has 0 aromatic heterocycles. The van der Waals surface area contributed by atoms with Crippen LogP contribution in [0.1, 0.15) is 24.1 Å². The maximum atomic E-state index is 11.9. The number of aryl methyl sites for hydroxylation is 1. The number of amides is 1. The van der Waals surface area contributed by atoms with E-state index in [0.717, 1.165) is 11.1 Å². The summed E-state index contributed by atoms with van der Waals surface area (Å²) in [5, 5.41) is 2.77. The molecule has 4 nitrogen and oxygen atoms in total. The molecule has 0 fully saturated rings. The van der Waals surface area contributed by atoms with Crippen molar-refractivity contribution < 1.29 is 9.00 Å². The minimum Gasteiger partial charge on any atom is -0.351 e. The van der Waals surface area contributed by atoms with Crippen molar-refractivity contribution >= 4 is 16.7 Å². The van der Waals surface area contributed by atoms with E-state index in [9.17, 15) is 9.00 Å². The molecule has 0 radical (unpaired) electrons. The molecule has 3 N–H and O–H groups in total. The Kier molecular flexibility index (Phi) is 5.50. The molecule has 0 saturated heterocycles. The zero-order valence-electron chi connectivity index (χ0n) is 11.0. The third-order valence-corrected chi connectivity index (χ3v) is 3.56. The number of rotatable bonds is 5. The zero-order chi connectivity index (χ0) is 13.7. The minimum absolute atomic E-state index is 0.139. The van der Waals surface area contributed by atoms with Gasteiger partial charge in [-0.05, 0) is 19.4 Å². The molecule has 0 bridgehead atoms. The topological polar surface area (TPSA) is 72.2 Å². The Labute approximate surface area is 110 Å². The van der Waals surface area contributed by atoms with E-state index in [-0.39, 0.29) is 11.9 Å². The smallest absolute Gasteiger partial charge is 0.241 e. The molecule has 0 aliphatic rings. The van der Waals surface area contributed by atoms with Gasteiger partial charge in [0, 0.05) is 28.9 Å². The number of hydrogen-bond donors (Lipinski definition) is 2. The van der Waals surface area contributed by atoms with E-state index >= 15 is 0 Å². The van der Waals surface area contributed by atoms with E-state index in [1.54, 1.807) is 6.26 Å². The van der Waals surface area contributed by atoms with Crippen molar-refractivity contribution in [2.75, 3.05) is 12.0 Å². The predicted octanol–water partition coefficient (Wildman–Crippen LogP) is 0.878. The molecule has 3 atom stereocenters. The lowest BCUT2D eigenvalue weighted by Gasteiger charge is -2.17. The third kappa shape index (κ3) is 4.58. The summed E-state index contributed by atoms with van der Waals surface area (Å²) in [5.41, 5.74) is 7.79. The highest BCUT2D eigenvalue weighted by atomic mass is 32.2. The molecule has 0 spiro atoms. The van der Waals surface area contributed by atoms with Crippen LogP contribution >= 0.6 is 0 Å². The van der Waals surface area contributed by atoms with Gasteiger partial charge in [-0.15, -0.1) is 0 Å². The molecule has 0 saturated carbocycles. The summed E-state index contributed by atoms with van der Waals surface area (Å²) in [5.74, 6) is 0.198. The van der Waals surface area contributed by atoms with Crippen LogP contribution in [0.2, 0.25) is 0 Å². The van der Waals surface area contributed by atoms with Gasteiger partial charge < -0.3 is 11.1 Å². The predicted molar refractivity (Wildman–Crippen MR) is 74.6 cm³/mol. The third-order valence-electron chi connectivity index (χ3n) is 2.59. The number of nitrogens with two attached hydrogens (primary N) is 1. The van der Waals surface area contributed by atoms with E-state index in [1.165, 1.54) is 0 Å². The largest absolute Gasteiger partial charge is 0.351 e. The second-order valence-electron chi connectivity index (χ2n) is 4.54. The Bertz CT molecular complexity index is 431. The molecule has 3 unspecified atom stereocenters. The number of carbonyl (C=O) groups is 1. The van der Waals surface area contributed by atoms with Gasteiger partial charge in [-0.3, -0.25) is 9.00 Å². The number of nitrogens with one attached hydrogen (secondary N) is 1. The highest BCUT2D eigenvalue weighted by molar-refractivity contribution is 7.84. The summed E-state index contributed by atoms with van der Waals surface area (Å²) in [6.07, 6.45) is 1.61. The molecule has 1 aromatic rings. The summed E-state index contributed by atoms with van der Waals surface area (Å²) >= 11 is 0. The molecule has 1 aromatic carbocycles. The van der Waals surface area contributed by atoms with Gasteiger partial charge in [-0.2, -0.15) is 0 Å². The first-order valence-electron chi connectivity index (χ1n) is 5.82. The second-order valence-corrected chi connectivity index (χ2v) is 6.02. The van der Waals surface area contributed by atoms with Crippen LogP contribution in [-0.2, 0) is 15.6 Å². The fraction of sp³-hybridized carbons (Fsp3) is 0.462. The summed E-state index contributed by atoms with van der Waals surface area (Å²) in [6.45, 7) is 3.80. The number of carbonyl (C=O) groups excluding carboxylic acids is 1. The fourth-order valence-corrected chi connectivity index (χ4v) is 2.44. The summed E-state index contributed by atoms with van der Waals surface area (Å²) in [6, 6.07) is 6.72. The molecular weight excluding hydrogens is 248 g/mol. The minimum atomic E-state index is -0.928. The number of hydrogen-bond acceptors (Lipinski definition) is 3. The van der Waals surface area contributed by atoms with Gasteiger partial charge in [0.05, 0.1) is 0 Å². The molecule has 18 heavy (non-hydrogen) atoms. The van der Waals surface area contributed by atoms with Gasteiger partial charge in [0.25, 0.3) is 0 Å². The molecule has 5 heteroatoms. The Morgan fingerprint density at radius 2 is 1.94 bits per heavy atom. The lowest BCUT2D eigenvalue weighted by Crippen LogP contribution is -2.41. The zero-order valence-corrected chi connectivity index (χ0v) is 11.8. The maximum Gasteiger partial charge on any atom is 0.241 e. The van der Waals surface area contributed by atoms with Crippen LogP contribution in [-0.4, -0.2) is 28.2 Å².